The summed E-state index contributed by atoms with van der Waals surface area (Å²) < 4.78 is 0. The molecule has 0 bridgehead atoms. The Labute approximate surface area is 88.8 Å². The van der Waals surface area contributed by atoms with Crippen molar-refractivity contribution in [3.63, 3.8) is 0 Å². The van der Waals surface area contributed by atoms with Crippen LogP contribution in [0.2, 0.25) is 0 Å². The van der Waals surface area contributed by atoms with Gasteiger partial charge >= 0.3 is 0 Å². The summed E-state index contributed by atoms with van der Waals surface area (Å²) in [5, 5.41) is 14.4. The number of nitrogens with zero attached hydrogens (tertiary/aromatic N) is 1. The average Bonchev–Trinajstić information content (AvgIpc) is 2.26. The number of aromatic nitrogens is 1. The molecule has 2 rings (SSSR count). The topological polar surface area (TPSA) is 45.1 Å². The summed E-state index contributed by atoms with van der Waals surface area (Å²) >= 11 is 0. The SMILES string of the molecule is CC(O)NCc1nccc2ccccc12. The molecule has 2 N–H and O–H groups in total. The lowest BCUT2D eigenvalue weighted by Crippen LogP contribution is -2.25. The van der Waals surface area contributed by atoms with Gasteiger partial charge in [0, 0.05) is 18.1 Å². The maximum atomic E-state index is 9.15. The second-order valence-electron chi connectivity index (χ2n) is 3.54. The Kier molecular flexibility index (Phi) is 2.94. The Morgan fingerprint density at radius 1 is 1.33 bits per heavy atom. The van der Waals surface area contributed by atoms with Crippen LogP contribution in [0, 0.1) is 0 Å². The van der Waals surface area contributed by atoms with Gasteiger partial charge in [-0.3, -0.25) is 10.3 Å². The predicted molar refractivity (Wildman–Crippen MR) is 60.3 cm³/mol. The van der Waals surface area contributed by atoms with Gasteiger partial charge in [-0.1, -0.05) is 24.3 Å². The number of nitrogens with one attached hydrogen (secondary N) is 1. The van der Waals surface area contributed by atoms with Crippen LogP contribution < -0.4 is 5.32 Å². The smallest absolute Gasteiger partial charge is 0.102 e. The number of benzene rings is 1. The van der Waals surface area contributed by atoms with Crippen LogP contribution in [0.1, 0.15) is 12.6 Å². The van der Waals surface area contributed by atoms with Gasteiger partial charge < -0.3 is 5.11 Å². The third-order valence-corrected chi connectivity index (χ3v) is 2.32. The van der Waals surface area contributed by atoms with Crippen LogP contribution in [0.3, 0.4) is 0 Å². The van der Waals surface area contributed by atoms with Crippen molar-refractivity contribution in [3.8, 4) is 0 Å². The van der Waals surface area contributed by atoms with Gasteiger partial charge in [0.05, 0.1) is 5.69 Å². The maximum absolute atomic E-state index is 9.15. The van der Waals surface area contributed by atoms with Crippen LogP contribution in [0.15, 0.2) is 36.5 Å². The molecule has 0 aliphatic rings. The molecule has 1 unspecified atom stereocenters. The van der Waals surface area contributed by atoms with E-state index in [4.69, 9.17) is 5.11 Å². The van der Waals surface area contributed by atoms with Crippen molar-refractivity contribution in [2.24, 2.45) is 0 Å². The number of hydrogen-bond donors (Lipinski definition) is 2. The number of aliphatic hydroxyl groups excluding tert-OH is 1. The largest absolute Gasteiger partial charge is 0.379 e. The summed E-state index contributed by atoms with van der Waals surface area (Å²) in [4.78, 5) is 4.31. The Bertz CT molecular complexity index is 449. The van der Waals surface area contributed by atoms with Crippen molar-refractivity contribution >= 4 is 10.8 Å². The molecule has 1 aromatic heterocycles. The molecule has 3 nitrogen and oxygen atoms in total. The fourth-order valence-electron chi connectivity index (χ4n) is 1.57. The van der Waals surface area contributed by atoms with Crippen molar-refractivity contribution < 1.29 is 5.11 Å². The van der Waals surface area contributed by atoms with E-state index in [2.05, 4.69) is 16.4 Å². The van der Waals surface area contributed by atoms with Crippen molar-refractivity contribution in [2.75, 3.05) is 0 Å². The van der Waals surface area contributed by atoms with Gasteiger partial charge in [0.15, 0.2) is 0 Å². The van der Waals surface area contributed by atoms with Gasteiger partial charge in [-0.05, 0) is 18.4 Å². The number of rotatable bonds is 3. The molecule has 1 aromatic carbocycles. The summed E-state index contributed by atoms with van der Waals surface area (Å²) in [7, 11) is 0. The lowest BCUT2D eigenvalue weighted by Gasteiger charge is -2.08. The van der Waals surface area contributed by atoms with Crippen molar-refractivity contribution in [2.45, 2.75) is 19.7 Å². The second-order valence-corrected chi connectivity index (χ2v) is 3.54. The normalized spacial score (nSPS) is 12.9. The predicted octanol–water partition coefficient (Wildman–Crippen LogP) is 1.66. The van der Waals surface area contributed by atoms with Crippen LogP contribution in [0.25, 0.3) is 10.8 Å². The van der Waals surface area contributed by atoms with E-state index in [1.165, 1.54) is 5.39 Å². The summed E-state index contributed by atoms with van der Waals surface area (Å²) in [5.41, 5.74) is 0.967. The molecule has 0 aliphatic heterocycles. The minimum Gasteiger partial charge on any atom is -0.379 e. The first-order valence-electron chi connectivity index (χ1n) is 5.01. The molecule has 0 amide bonds. The molecular formula is C12H14N2O. The van der Waals surface area contributed by atoms with Gasteiger partial charge in [0.2, 0.25) is 0 Å². The maximum Gasteiger partial charge on any atom is 0.102 e. The van der Waals surface area contributed by atoms with Gasteiger partial charge in [0.25, 0.3) is 0 Å². The van der Waals surface area contributed by atoms with E-state index in [9.17, 15) is 0 Å². The van der Waals surface area contributed by atoms with E-state index < -0.39 is 6.23 Å². The van der Waals surface area contributed by atoms with E-state index >= 15 is 0 Å². The molecule has 1 atom stereocenters. The summed E-state index contributed by atoms with van der Waals surface area (Å²) in [6, 6.07) is 10.1. The fourth-order valence-corrected chi connectivity index (χ4v) is 1.57. The first kappa shape index (κ1) is 10.1. The summed E-state index contributed by atoms with van der Waals surface area (Å²) in [5.74, 6) is 0. The quantitative estimate of drug-likeness (QED) is 0.744. The minimum absolute atomic E-state index is 0.509. The molecule has 0 radical (unpaired) electrons. The van der Waals surface area contributed by atoms with Crippen LogP contribution in [-0.2, 0) is 6.54 Å². The number of fused-ring (bicyclic) bond motifs is 1. The zero-order chi connectivity index (χ0) is 10.7. The summed E-state index contributed by atoms with van der Waals surface area (Å²) in [6.45, 7) is 2.28. The zero-order valence-corrected chi connectivity index (χ0v) is 8.64. The summed E-state index contributed by atoms with van der Waals surface area (Å²) in [6.07, 6.45) is 1.28. The van der Waals surface area contributed by atoms with E-state index in [1.54, 1.807) is 13.1 Å². The zero-order valence-electron chi connectivity index (χ0n) is 8.64. The Hall–Kier alpha value is -1.45. The highest BCUT2D eigenvalue weighted by Crippen LogP contribution is 2.15. The number of hydrogen-bond acceptors (Lipinski definition) is 3. The molecular weight excluding hydrogens is 188 g/mol. The van der Waals surface area contributed by atoms with Gasteiger partial charge in [-0.2, -0.15) is 0 Å². The molecule has 0 fully saturated rings. The monoisotopic (exact) mass is 202 g/mol. The second kappa shape index (κ2) is 4.38. The van der Waals surface area contributed by atoms with Crippen molar-refractivity contribution in [3.05, 3.63) is 42.2 Å². The molecule has 0 saturated heterocycles. The van der Waals surface area contributed by atoms with Crippen LogP contribution in [0.5, 0.6) is 0 Å². The Balaban J connectivity index is 2.34. The highest BCUT2D eigenvalue weighted by Gasteiger charge is 2.02. The van der Waals surface area contributed by atoms with Crippen molar-refractivity contribution in [1.29, 1.82) is 0 Å². The molecule has 15 heavy (non-hydrogen) atoms. The van der Waals surface area contributed by atoms with Crippen LogP contribution in [0.4, 0.5) is 0 Å². The minimum atomic E-state index is -0.509. The first-order valence-corrected chi connectivity index (χ1v) is 5.01. The van der Waals surface area contributed by atoms with Crippen LogP contribution >= 0.6 is 0 Å². The van der Waals surface area contributed by atoms with E-state index in [0.717, 1.165) is 11.1 Å². The Morgan fingerprint density at radius 3 is 2.93 bits per heavy atom. The van der Waals surface area contributed by atoms with Gasteiger partial charge in [-0.15, -0.1) is 0 Å². The molecule has 3 heteroatoms. The highest BCUT2D eigenvalue weighted by atomic mass is 16.3. The van der Waals surface area contributed by atoms with E-state index in [1.807, 2.05) is 24.3 Å². The van der Waals surface area contributed by atoms with E-state index in [-0.39, 0.29) is 0 Å². The molecule has 0 spiro atoms. The molecule has 78 valence electrons. The number of pyridine rings is 1. The molecule has 0 saturated carbocycles. The fraction of sp³-hybridized carbons (Fsp3) is 0.250. The average molecular weight is 202 g/mol. The standard InChI is InChI=1S/C12H14N2O/c1-9(15)14-8-12-11-5-3-2-4-10(11)6-7-13-12/h2-7,9,14-15H,8H2,1H3. The van der Waals surface area contributed by atoms with Gasteiger partial charge in [0.1, 0.15) is 6.23 Å². The molecule has 1 heterocycles. The lowest BCUT2D eigenvalue weighted by molar-refractivity contribution is 0.154. The lowest BCUT2D eigenvalue weighted by atomic mass is 10.1. The van der Waals surface area contributed by atoms with Crippen molar-refractivity contribution in [1.82, 2.24) is 10.3 Å². The first-order chi connectivity index (χ1) is 7.27. The molecule has 0 aliphatic carbocycles. The number of aliphatic hydroxyl groups is 1. The Morgan fingerprint density at radius 2 is 2.13 bits per heavy atom. The third kappa shape index (κ3) is 2.32. The van der Waals surface area contributed by atoms with Gasteiger partial charge in [-0.25, -0.2) is 0 Å². The van der Waals surface area contributed by atoms with E-state index in [0.29, 0.717) is 6.54 Å². The third-order valence-electron chi connectivity index (χ3n) is 2.32. The highest BCUT2D eigenvalue weighted by molar-refractivity contribution is 5.84. The van der Waals surface area contributed by atoms with Crippen LogP contribution in [-0.4, -0.2) is 16.3 Å². The molecule has 2 aromatic rings.